The Hall–Kier alpha value is -2.49. The van der Waals surface area contributed by atoms with Gasteiger partial charge in [-0.25, -0.2) is 4.79 Å². The van der Waals surface area contributed by atoms with Crippen molar-refractivity contribution < 1.29 is 19.0 Å². The van der Waals surface area contributed by atoms with Crippen LogP contribution in [0.25, 0.3) is 0 Å². The Morgan fingerprint density at radius 1 is 1.00 bits per heavy atom. The minimum absolute atomic E-state index is 0.132. The molecule has 0 unspecified atom stereocenters. The zero-order valence-corrected chi connectivity index (χ0v) is 14.0. The number of aryl methyl sites for hydroxylation is 1. The van der Waals surface area contributed by atoms with Crippen LogP contribution in [0.3, 0.4) is 0 Å². The van der Waals surface area contributed by atoms with E-state index in [9.17, 15) is 4.79 Å². The summed E-state index contributed by atoms with van der Waals surface area (Å²) in [5.74, 6) is 1.86. The molecule has 0 amide bonds. The van der Waals surface area contributed by atoms with E-state index in [0.29, 0.717) is 23.2 Å². The molecule has 0 bridgehead atoms. The fraction of sp³-hybridized carbons (Fsp3) is 0.316. The second-order valence-electron chi connectivity index (χ2n) is 5.61. The second-order valence-corrected chi connectivity index (χ2v) is 5.61. The van der Waals surface area contributed by atoms with Crippen molar-refractivity contribution in [3.63, 3.8) is 0 Å². The van der Waals surface area contributed by atoms with Crippen molar-refractivity contribution in [2.24, 2.45) is 0 Å². The smallest absolute Gasteiger partial charge is 0.349 e. The SMILES string of the molecule is COc1ccc(OC(=O)COc2ccc(C(C)C)c(C)c2)cc1. The van der Waals surface area contributed by atoms with Gasteiger partial charge in [-0.1, -0.05) is 19.9 Å². The maximum absolute atomic E-state index is 11.8. The van der Waals surface area contributed by atoms with Gasteiger partial charge in [-0.3, -0.25) is 0 Å². The van der Waals surface area contributed by atoms with E-state index in [1.54, 1.807) is 31.4 Å². The Bertz CT molecular complexity index is 660. The number of hydrogen-bond donors (Lipinski definition) is 0. The first-order valence-electron chi connectivity index (χ1n) is 7.57. The predicted molar refractivity (Wildman–Crippen MR) is 89.4 cm³/mol. The lowest BCUT2D eigenvalue weighted by Gasteiger charge is -2.12. The number of rotatable bonds is 6. The van der Waals surface area contributed by atoms with E-state index in [-0.39, 0.29) is 6.61 Å². The molecule has 0 heterocycles. The largest absolute Gasteiger partial charge is 0.497 e. The first-order chi connectivity index (χ1) is 11.0. The zero-order valence-electron chi connectivity index (χ0n) is 14.0. The van der Waals surface area contributed by atoms with E-state index in [0.717, 1.165) is 5.56 Å². The van der Waals surface area contributed by atoms with E-state index in [1.165, 1.54) is 5.56 Å². The number of methoxy groups -OCH3 is 1. The summed E-state index contributed by atoms with van der Waals surface area (Å²) in [6.45, 7) is 6.20. The van der Waals surface area contributed by atoms with Crippen molar-refractivity contribution in [1.29, 1.82) is 0 Å². The topological polar surface area (TPSA) is 44.8 Å². The average molecular weight is 314 g/mol. The highest BCUT2D eigenvalue weighted by atomic mass is 16.6. The molecule has 0 N–H and O–H groups in total. The first-order valence-corrected chi connectivity index (χ1v) is 7.57. The maximum Gasteiger partial charge on any atom is 0.349 e. The van der Waals surface area contributed by atoms with Crippen molar-refractivity contribution in [3.05, 3.63) is 53.6 Å². The lowest BCUT2D eigenvalue weighted by Crippen LogP contribution is -2.17. The summed E-state index contributed by atoms with van der Waals surface area (Å²) in [4.78, 5) is 11.8. The molecule has 0 aliphatic carbocycles. The Balaban J connectivity index is 1.89. The Morgan fingerprint density at radius 2 is 1.61 bits per heavy atom. The van der Waals surface area contributed by atoms with Crippen LogP contribution in [-0.4, -0.2) is 19.7 Å². The summed E-state index contributed by atoms with van der Waals surface area (Å²) in [6.07, 6.45) is 0. The van der Waals surface area contributed by atoms with Crippen molar-refractivity contribution in [2.45, 2.75) is 26.7 Å². The molecule has 0 atom stereocenters. The number of benzene rings is 2. The standard InChI is InChI=1S/C19H22O4/c1-13(2)18-10-9-17(11-14(18)3)22-12-19(20)23-16-7-5-15(21-4)6-8-16/h5-11,13H,12H2,1-4H3. The minimum atomic E-state index is -0.444. The highest BCUT2D eigenvalue weighted by Crippen LogP contribution is 2.23. The van der Waals surface area contributed by atoms with E-state index >= 15 is 0 Å². The summed E-state index contributed by atoms with van der Waals surface area (Å²) in [5.41, 5.74) is 2.43. The molecule has 0 aliphatic heterocycles. The molecule has 0 saturated carbocycles. The lowest BCUT2D eigenvalue weighted by molar-refractivity contribution is -0.136. The molecule has 0 fully saturated rings. The van der Waals surface area contributed by atoms with Gasteiger partial charge in [0.1, 0.15) is 17.2 Å². The third kappa shape index (κ3) is 4.74. The minimum Gasteiger partial charge on any atom is -0.497 e. The van der Waals surface area contributed by atoms with Crippen molar-refractivity contribution in [3.8, 4) is 17.2 Å². The van der Waals surface area contributed by atoms with Crippen molar-refractivity contribution >= 4 is 5.97 Å². The second kappa shape index (κ2) is 7.68. The molecular weight excluding hydrogens is 292 g/mol. The van der Waals surface area contributed by atoms with E-state index in [1.807, 2.05) is 25.1 Å². The van der Waals surface area contributed by atoms with Crippen LogP contribution < -0.4 is 14.2 Å². The number of esters is 1. The monoisotopic (exact) mass is 314 g/mol. The highest BCUT2D eigenvalue weighted by Gasteiger charge is 2.08. The van der Waals surface area contributed by atoms with Crippen LogP contribution in [0.2, 0.25) is 0 Å². The summed E-state index contributed by atoms with van der Waals surface area (Å²) in [5, 5.41) is 0. The average Bonchev–Trinajstić information content (AvgIpc) is 2.53. The van der Waals surface area contributed by atoms with Crippen LogP contribution in [0.5, 0.6) is 17.2 Å². The third-order valence-corrected chi connectivity index (χ3v) is 3.51. The van der Waals surface area contributed by atoms with Gasteiger partial charge in [0.15, 0.2) is 6.61 Å². The van der Waals surface area contributed by atoms with Gasteiger partial charge < -0.3 is 14.2 Å². The molecule has 122 valence electrons. The van der Waals surface area contributed by atoms with Crippen molar-refractivity contribution in [1.82, 2.24) is 0 Å². The Kier molecular flexibility index (Phi) is 5.63. The van der Waals surface area contributed by atoms with Crippen LogP contribution in [0.1, 0.15) is 30.9 Å². The van der Waals surface area contributed by atoms with Gasteiger partial charge >= 0.3 is 5.97 Å². The molecule has 0 saturated heterocycles. The molecule has 4 nitrogen and oxygen atoms in total. The van der Waals surface area contributed by atoms with Gasteiger partial charge in [0.2, 0.25) is 0 Å². The molecule has 2 aromatic carbocycles. The summed E-state index contributed by atoms with van der Waals surface area (Å²) >= 11 is 0. The molecule has 23 heavy (non-hydrogen) atoms. The Morgan fingerprint density at radius 3 is 2.17 bits per heavy atom. The maximum atomic E-state index is 11.8. The summed E-state index contributed by atoms with van der Waals surface area (Å²) in [6, 6.07) is 12.7. The summed E-state index contributed by atoms with van der Waals surface area (Å²) < 4.78 is 15.8. The molecule has 0 radical (unpaired) electrons. The third-order valence-electron chi connectivity index (χ3n) is 3.51. The van der Waals surface area contributed by atoms with E-state index in [4.69, 9.17) is 14.2 Å². The molecule has 2 aromatic rings. The number of carbonyl (C=O) groups is 1. The summed E-state index contributed by atoms with van der Waals surface area (Å²) in [7, 11) is 1.58. The zero-order chi connectivity index (χ0) is 16.8. The van der Waals surface area contributed by atoms with Gasteiger partial charge in [0.05, 0.1) is 7.11 Å². The fourth-order valence-electron chi connectivity index (χ4n) is 2.33. The number of hydrogen-bond acceptors (Lipinski definition) is 4. The van der Waals surface area contributed by atoms with Crippen LogP contribution >= 0.6 is 0 Å². The van der Waals surface area contributed by atoms with Gasteiger partial charge in [-0.2, -0.15) is 0 Å². The molecule has 4 heteroatoms. The predicted octanol–water partition coefficient (Wildman–Crippen LogP) is 4.11. The molecule has 0 aliphatic rings. The van der Waals surface area contributed by atoms with Gasteiger partial charge in [-0.05, 0) is 60.4 Å². The van der Waals surface area contributed by atoms with Gasteiger partial charge in [-0.15, -0.1) is 0 Å². The van der Waals surface area contributed by atoms with Gasteiger partial charge in [0.25, 0.3) is 0 Å². The van der Waals surface area contributed by atoms with Crippen LogP contribution in [0.15, 0.2) is 42.5 Å². The number of carbonyl (C=O) groups excluding carboxylic acids is 1. The first kappa shape index (κ1) is 16.9. The highest BCUT2D eigenvalue weighted by molar-refractivity contribution is 5.74. The molecule has 0 aromatic heterocycles. The van der Waals surface area contributed by atoms with E-state index < -0.39 is 5.97 Å². The van der Waals surface area contributed by atoms with E-state index in [2.05, 4.69) is 13.8 Å². The molecule has 2 rings (SSSR count). The molecular formula is C19H22O4. The number of ether oxygens (including phenoxy) is 3. The lowest BCUT2D eigenvalue weighted by atomic mass is 9.98. The van der Waals surface area contributed by atoms with Crippen LogP contribution in [0.4, 0.5) is 0 Å². The van der Waals surface area contributed by atoms with Crippen molar-refractivity contribution in [2.75, 3.05) is 13.7 Å². The fourth-order valence-corrected chi connectivity index (χ4v) is 2.33. The molecule has 0 spiro atoms. The van der Waals surface area contributed by atoms with Gasteiger partial charge in [0, 0.05) is 0 Å². The Labute approximate surface area is 137 Å². The quantitative estimate of drug-likeness (QED) is 0.594. The normalized spacial score (nSPS) is 10.5. The van der Waals surface area contributed by atoms with Crippen LogP contribution in [0, 0.1) is 6.92 Å². The van der Waals surface area contributed by atoms with Crippen LogP contribution in [-0.2, 0) is 4.79 Å².